The van der Waals surface area contributed by atoms with Crippen molar-refractivity contribution in [2.75, 3.05) is 6.26 Å². The number of fused-ring (bicyclic) bond motifs is 1. The third kappa shape index (κ3) is 2.23. The second-order valence-corrected chi connectivity index (χ2v) is 7.94. The Morgan fingerprint density at radius 2 is 2.15 bits per heavy atom. The van der Waals surface area contributed by atoms with Gasteiger partial charge in [0.15, 0.2) is 9.84 Å². The Bertz CT molecular complexity index is 760. The zero-order valence-electron chi connectivity index (χ0n) is 11.7. The van der Waals surface area contributed by atoms with Crippen LogP contribution in [0.15, 0.2) is 18.2 Å². The van der Waals surface area contributed by atoms with Crippen molar-refractivity contribution in [2.45, 2.75) is 37.6 Å². The summed E-state index contributed by atoms with van der Waals surface area (Å²) in [5.41, 5.74) is 8.51. The van der Waals surface area contributed by atoms with Gasteiger partial charge in [0, 0.05) is 18.8 Å². The Labute approximate surface area is 118 Å². The van der Waals surface area contributed by atoms with Crippen molar-refractivity contribution in [2.24, 2.45) is 5.73 Å². The molecule has 0 bridgehead atoms. The molecule has 20 heavy (non-hydrogen) atoms. The molecule has 0 spiro atoms. The van der Waals surface area contributed by atoms with Crippen LogP contribution in [-0.2, 0) is 16.4 Å². The van der Waals surface area contributed by atoms with E-state index in [1.54, 1.807) is 6.92 Å². The highest BCUT2D eigenvalue weighted by Crippen LogP contribution is 2.41. The van der Waals surface area contributed by atoms with Gasteiger partial charge in [-0.25, -0.2) is 13.4 Å². The molecule has 108 valence electrons. The van der Waals surface area contributed by atoms with Gasteiger partial charge < -0.3 is 10.3 Å². The van der Waals surface area contributed by atoms with Gasteiger partial charge in [-0.2, -0.15) is 0 Å². The molecule has 1 heterocycles. The average molecular weight is 293 g/mol. The van der Waals surface area contributed by atoms with Crippen LogP contribution in [-0.4, -0.2) is 24.2 Å². The third-order valence-corrected chi connectivity index (χ3v) is 5.43. The van der Waals surface area contributed by atoms with Crippen molar-refractivity contribution in [3.63, 3.8) is 0 Å². The largest absolute Gasteiger partial charge is 0.326 e. The van der Waals surface area contributed by atoms with Gasteiger partial charge in [0.25, 0.3) is 0 Å². The Morgan fingerprint density at radius 1 is 1.45 bits per heavy atom. The molecule has 2 aromatic rings. The molecule has 0 aliphatic heterocycles. The summed E-state index contributed by atoms with van der Waals surface area (Å²) in [7, 11) is -3.16. The van der Waals surface area contributed by atoms with Gasteiger partial charge in [-0.15, -0.1) is 0 Å². The molecule has 1 aliphatic carbocycles. The zero-order chi connectivity index (χ0) is 14.5. The van der Waals surface area contributed by atoms with Crippen LogP contribution in [0.5, 0.6) is 0 Å². The van der Waals surface area contributed by atoms with Gasteiger partial charge in [0.1, 0.15) is 11.1 Å². The number of hydrogen-bond acceptors (Lipinski definition) is 4. The number of benzene rings is 1. The number of hydrogen-bond donors (Lipinski definition) is 1. The number of rotatable bonds is 4. The number of sulfone groups is 1. The lowest BCUT2D eigenvalue weighted by Gasteiger charge is -2.12. The lowest BCUT2D eigenvalue weighted by atomic mass is 10.2. The van der Waals surface area contributed by atoms with Crippen molar-refractivity contribution in [1.82, 2.24) is 9.55 Å². The molecule has 1 saturated carbocycles. The van der Waals surface area contributed by atoms with Gasteiger partial charge in [0.05, 0.1) is 11.0 Å². The molecule has 1 aromatic carbocycles. The van der Waals surface area contributed by atoms with Crippen LogP contribution in [0.1, 0.15) is 42.4 Å². The minimum atomic E-state index is -3.16. The first-order valence-corrected chi connectivity index (χ1v) is 8.77. The van der Waals surface area contributed by atoms with Crippen LogP contribution in [0, 0.1) is 0 Å². The summed E-state index contributed by atoms with van der Waals surface area (Å²) in [6, 6.07) is 6.33. The molecule has 1 fully saturated rings. The fourth-order valence-corrected chi connectivity index (χ4v) is 3.03. The maximum atomic E-state index is 11.9. The minimum Gasteiger partial charge on any atom is -0.326 e. The van der Waals surface area contributed by atoms with Crippen LogP contribution in [0.25, 0.3) is 11.0 Å². The van der Waals surface area contributed by atoms with Crippen LogP contribution in [0.4, 0.5) is 0 Å². The number of nitrogens with zero attached hydrogens (tertiary/aromatic N) is 2. The van der Waals surface area contributed by atoms with Gasteiger partial charge in [0.2, 0.25) is 0 Å². The van der Waals surface area contributed by atoms with Crippen molar-refractivity contribution in [1.29, 1.82) is 0 Å². The SMILES string of the molecule is CC(c1nc2cc(CN)ccc2n1C1CC1)S(C)(=O)=O. The van der Waals surface area contributed by atoms with E-state index >= 15 is 0 Å². The molecular formula is C14H19N3O2S. The number of aromatic nitrogens is 2. The van der Waals surface area contributed by atoms with Crippen LogP contribution < -0.4 is 5.73 Å². The van der Waals surface area contributed by atoms with E-state index < -0.39 is 15.1 Å². The van der Waals surface area contributed by atoms with Crippen molar-refractivity contribution < 1.29 is 8.42 Å². The van der Waals surface area contributed by atoms with E-state index in [4.69, 9.17) is 5.73 Å². The fourth-order valence-electron chi connectivity index (χ4n) is 2.48. The highest BCUT2D eigenvalue weighted by Gasteiger charge is 2.32. The third-order valence-electron chi connectivity index (χ3n) is 3.93. The highest BCUT2D eigenvalue weighted by atomic mass is 32.2. The summed E-state index contributed by atoms with van der Waals surface area (Å²) in [4.78, 5) is 4.58. The fraction of sp³-hybridized carbons (Fsp3) is 0.500. The predicted octanol–water partition coefficient (Wildman–Crippen LogP) is 1.94. The molecule has 1 aliphatic rings. The molecule has 0 saturated heterocycles. The quantitative estimate of drug-likeness (QED) is 0.934. The van der Waals surface area contributed by atoms with Crippen LogP contribution in [0.2, 0.25) is 0 Å². The molecule has 0 radical (unpaired) electrons. The Kier molecular flexibility index (Phi) is 3.10. The molecule has 1 unspecified atom stereocenters. The van der Waals surface area contributed by atoms with Gasteiger partial charge >= 0.3 is 0 Å². The van der Waals surface area contributed by atoms with Gasteiger partial charge in [-0.05, 0) is 37.5 Å². The normalized spacial score (nSPS) is 17.6. The van der Waals surface area contributed by atoms with Gasteiger partial charge in [-0.3, -0.25) is 0 Å². The van der Waals surface area contributed by atoms with Crippen molar-refractivity contribution >= 4 is 20.9 Å². The first-order valence-electron chi connectivity index (χ1n) is 6.81. The second-order valence-electron chi connectivity index (χ2n) is 5.57. The first kappa shape index (κ1) is 13.6. The Hall–Kier alpha value is -1.40. The topological polar surface area (TPSA) is 78.0 Å². The predicted molar refractivity (Wildman–Crippen MR) is 79.2 cm³/mol. The highest BCUT2D eigenvalue weighted by molar-refractivity contribution is 7.90. The Balaban J connectivity index is 2.23. The van der Waals surface area contributed by atoms with E-state index in [9.17, 15) is 8.42 Å². The van der Waals surface area contributed by atoms with E-state index in [2.05, 4.69) is 9.55 Å². The average Bonchev–Trinajstić information content (AvgIpc) is 3.16. The number of imidazole rings is 1. The van der Waals surface area contributed by atoms with Crippen LogP contribution in [0.3, 0.4) is 0 Å². The summed E-state index contributed by atoms with van der Waals surface area (Å²) in [6.07, 6.45) is 3.45. The summed E-state index contributed by atoms with van der Waals surface area (Å²) in [5, 5.41) is -0.586. The number of nitrogens with two attached hydrogens (primary N) is 1. The summed E-state index contributed by atoms with van der Waals surface area (Å²) >= 11 is 0. The van der Waals surface area contributed by atoms with E-state index in [0.717, 1.165) is 29.4 Å². The first-order chi connectivity index (χ1) is 9.41. The smallest absolute Gasteiger partial charge is 0.157 e. The molecular weight excluding hydrogens is 274 g/mol. The molecule has 2 N–H and O–H groups in total. The molecule has 0 amide bonds. The maximum Gasteiger partial charge on any atom is 0.157 e. The van der Waals surface area contributed by atoms with Crippen LogP contribution >= 0.6 is 0 Å². The molecule has 1 aromatic heterocycles. The van der Waals surface area contributed by atoms with E-state index in [0.29, 0.717) is 18.4 Å². The lowest BCUT2D eigenvalue weighted by Crippen LogP contribution is -2.13. The van der Waals surface area contributed by atoms with E-state index in [1.165, 1.54) is 6.26 Å². The second kappa shape index (κ2) is 4.56. The molecule has 5 nitrogen and oxygen atoms in total. The summed E-state index contributed by atoms with van der Waals surface area (Å²) < 4.78 is 25.8. The van der Waals surface area contributed by atoms with Crippen molar-refractivity contribution in [3.8, 4) is 0 Å². The maximum absolute atomic E-state index is 11.9. The molecule has 3 rings (SSSR count). The standard InChI is InChI=1S/C14H19N3O2S/c1-9(20(2,18)19)14-16-12-7-10(8-15)3-6-13(12)17(14)11-4-5-11/h3,6-7,9,11H,4-5,8,15H2,1-2H3. The van der Waals surface area contributed by atoms with Gasteiger partial charge in [-0.1, -0.05) is 6.07 Å². The minimum absolute atomic E-state index is 0.392. The van der Waals surface area contributed by atoms with E-state index in [1.807, 2.05) is 18.2 Å². The molecule has 1 atom stereocenters. The monoisotopic (exact) mass is 293 g/mol. The molecule has 6 heteroatoms. The summed E-state index contributed by atoms with van der Waals surface area (Å²) in [6.45, 7) is 2.17. The Morgan fingerprint density at radius 3 is 2.70 bits per heavy atom. The lowest BCUT2D eigenvalue weighted by molar-refractivity contribution is 0.583. The van der Waals surface area contributed by atoms with E-state index in [-0.39, 0.29) is 0 Å². The zero-order valence-corrected chi connectivity index (χ0v) is 12.5. The van der Waals surface area contributed by atoms with Crippen molar-refractivity contribution in [3.05, 3.63) is 29.6 Å². The summed E-state index contributed by atoms with van der Waals surface area (Å²) in [5.74, 6) is 0.652.